The van der Waals surface area contributed by atoms with E-state index in [0.29, 0.717) is 0 Å². The fraction of sp³-hybridized carbons (Fsp3) is 0.125. The van der Waals surface area contributed by atoms with E-state index in [2.05, 4.69) is 0 Å². The second kappa shape index (κ2) is 5.00. The molecule has 54 valence electrons. The quantitative estimate of drug-likeness (QED) is 0.564. The standard InChI is InChI=1S/C7H7Cl.CH2O/c1-6-2-4-7(8)5-3-6;1-2/h2-5H,1H3;1H2. The highest BCUT2D eigenvalue weighted by molar-refractivity contribution is 6.30. The zero-order valence-electron chi connectivity index (χ0n) is 5.80. The number of benzene rings is 1. The molecule has 1 aromatic rings. The SMILES string of the molecule is C=O.Cc1ccc(Cl)cc1. The van der Waals surface area contributed by atoms with E-state index in [1.54, 1.807) is 0 Å². The van der Waals surface area contributed by atoms with Gasteiger partial charge in [-0.3, -0.25) is 0 Å². The van der Waals surface area contributed by atoms with E-state index in [1.165, 1.54) is 5.56 Å². The van der Waals surface area contributed by atoms with Gasteiger partial charge in [-0.15, -0.1) is 0 Å². The predicted molar refractivity (Wildman–Crippen MR) is 43.3 cm³/mol. The molecule has 0 atom stereocenters. The van der Waals surface area contributed by atoms with Crippen molar-refractivity contribution in [2.75, 3.05) is 0 Å². The van der Waals surface area contributed by atoms with Gasteiger partial charge in [0.15, 0.2) is 0 Å². The van der Waals surface area contributed by atoms with Crippen molar-refractivity contribution in [3.05, 3.63) is 34.9 Å². The van der Waals surface area contributed by atoms with E-state index in [9.17, 15) is 0 Å². The third-order valence-corrected chi connectivity index (χ3v) is 1.26. The van der Waals surface area contributed by atoms with Crippen LogP contribution in [0.3, 0.4) is 0 Å². The summed E-state index contributed by atoms with van der Waals surface area (Å²) in [5.74, 6) is 0. The first kappa shape index (κ1) is 9.18. The smallest absolute Gasteiger partial charge is 0.106 e. The summed E-state index contributed by atoms with van der Waals surface area (Å²) in [4.78, 5) is 8.00. The molecule has 0 bridgehead atoms. The molecule has 0 fully saturated rings. The third kappa shape index (κ3) is 3.25. The van der Waals surface area contributed by atoms with Crippen molar-refractivity contribution in [3.63, 3.8) is 0 Å². The van der Waals surface area contributed by atoms with Gasteiger partial charge in [-0.05, 0) is 19.1 Å². The highest BCUT2D eigenvalue weighted by Gasteiger charge is 1.81. The number of hydrogen-bond acceptors (Lipinski definition) is 1. The monoisotopic (exact) mass is 156 g/mol. The highest BCUT2D eigenvalue weighted by atomic mass is 35.5. The largest absolute Gasteiger partial charge is 0.307 e. The molecule has 0 spiro atoms. The molecule has 0 radical (unpaired) electrons. The Morgan fingerprint density at radius 3 is 1.90 bits per heavy atom. The van der Waals surface area contributed by atoms with Crippen LogP contribution in [0.1, 0.15) is 5.56 Å². The summed E-state index contributed by atoms with van der Waals surface area (Å²) in [7, 11) is 0. The van der Waals surface area contributed by atoms with Gasteiger partial charge in [-0.1, -0.05) is 29.3 Å². The van der Waals surface area contributed by atoms with Crippen molar-refractivity contribution >= 4 is 18.4 Å². The van der Waals surface area contributed by atoms with Gasteiger partial charge in [0.1, 0.15) is 6.79 Å². The van der Waals surface area contributed by atoms with E-state index >= 15 is 0 Å². The Morgan fingerprint density at radius 1 is 1.20 bits per heavy atom. The molecule has 0 heterocycles. The number of carbonyl (C=O) groups excluding carboxylic acids is 1. The Balaban J connectivity index is 0.000000371. The lowest BCUT2D eigenvalue weighted by atomic mass is 10.2. The first-order valence-electron chi connectivity index (χ1n) is 2.80. The molecule has 0 aliphatic rings. The van der Waals surface area contributed by atoms with Crippen LogP contribution in [0.15, 0.2) is 24.3 Å². The molecule has 0 saturated carbocycles. The average Bonchev–Trinajstić information content (AvgIpc) is 2.00. The number of aryl methyl sites for hydroxylation is 1. The number of hydrogen-bond donors (Lipinski definition) is 0. The average molecular weight is 157 g/mol. The third-order valence-electron chi connectivity index (χ3n) is 1.01. The van der Waals surface area contributed by atoms with Gasteiger partial charge in [0.25, 0.3) is 0 Å². The van der Waals surface area contributed by atoms with Crippen LogP contribution in [-0.4, -0.2) is 6.79 Å². The summed E-state index contributed by atoms with van der Waals surface area (Å²) >= 11 is 5.61. The normalized spacial score (nSPS) is 7.80. The molecule has 0 unspecified atom stereocenters. The molecule has 10 heavy (non-hydrogen) atoms. The van der Waals surface area contributed by atoms with Gasteiger partial charge in [0.2, 0.25) is 0 Å². The first-order chi connectivity index (χ1) is 4.79. The predicted octanol–water partition coefficient (Wildman–Crippen LogP) is 2.46. The first-order valence-corrected chi connectivity index (χ1v) is 3.18. The Morgan fingerprint density at radius 2 is 1.60 bits per heavy atom. The zero-order valence-corrected chi connectivity index (χ0v) is 6.56. The Hall–Kier alpha value is -0.820. The molecular weight excluding hydrogens is 148 g/mol. The van der Waals surface area contributed by atoms with Crippen LogP contribution >= 0.6 is 11.6 Å². The molecule has 1 nitrogen and oxygen atoms in total. The molecule has 0 N–H and O–H groups in total. The van der Waals surface area contributed by atoms with Crippen LogP contribution in [0, 0.1) is 6.92 Å². The topological polar surface area (TPSA) is 17.1 Å². The fourth-order valence-electron chi connectivity index (χ4n) is 0.533. The lowest BCUT2D eigenvalue weighted by Gasteiger charge is -1.88. The molecule has 0 aromatic heterocycles. The van der Waals surface area contributed by atoms with E-state index in [0.717, 1.165) is 5.02 Å². The van der Waals surface area contributed by atoms with Crippen LogP contribution in [0.5, 0.6) is 0 Å². The van der Waals surface area contributed by atoms with Crippen LogP contribution in [0.4, 0.5) is 0 Å². The maximum absolute atomic E-state index is 8.00. The van der Waals surface area contributed by atoms with Gasteiger partial charge < -0.3 is 4.79 Å². The van der Waals surface area contributed by atoms with Crippen molar-refractivity contribution in [1.82, 2.24) is 0 Å². The number of rotatable bonds is 0. The molecular formula is C8H9ClO. The van der Waals surface area contributed by atoms with E-state index in [-0.39, 0.29) is 0 Å². The fourth-order valence-corrected chi connectivity index (χ4v) is 0.659. The number of halogens is 1. The van der Waals surface area contributed by atoms with Gasteiger partial charge in [-0.2, -0.15) is 0 Å². The summed E-state index contributed by atoms with van der Waals surface area (Å²) in [6.07, 6.45) is 0. The number of carbonyl (C=O) groups is 1. The van der Waals surface area contributed by atoms with Crippen molar-refractivity contribution < 1.29 is 4.79 Å². The van der Waals surface area contributed by atoms with Crippen LogP contribution in [0.2, 0.25) is 5.02 Å². The van der Waals surface area contributed by atoms with E-state index < -0.39 is 0 Å². The van der Waals surface area contributed by atoms with Crippen molar-refractivity contribution in [1.29, 1.82) is 0 Å². The molecule has 0 aliphatic heterocycles. The van der Waals surface area contributed by atoms with E-state index in [4.69, 9.17) is 16.4 Å². The molecule has 0 amide bonds. The second-order valence-electron chi connectivity index (χ2n) is 1.80. The van der Waals surface area contributed by atoms with Gasteiger partial charge in [-0.25, -0.2) is 0 Å². The molecule has 1 rings (SSSR count). The minimum Gasteiger partial charge on any atom is -0.307 e. The Kier molecular flexibility index (Phi) is 4.59. The molecule has 0 aliphatic carbocycles. The summed E-state index contributed by atoms with van der Waals surface area (Å²) in [5.41, 5.74) is 1.24. The van der Waals surface area contributed by atoms with Gasteiger partial charge in [0.05, 0.1) is 0 Å². The van der Waals surface area contributed by atoms with Crippen LogP contribution < -0.4 is 0 Å². The highest BCUT2D eigenvalue weighted by Crippen LogP contribution is 2.07. The van der Waals surface area contributed by atoms with E-state index in [1.807, 2.05) is 38.0 Å². The maximum atomic E-state index is 8.00. The zero-order chi connectivity index (χ0) is 7.98. The van der Waals surface area contributed by atoms with Crippen molar-refractivity contribution in [2.45, 2.75) is 6.92 Å². The lowest BCUT2D eigenvalue weighted by molar-refractivity contribution is -0.0979. The Bertz CT molecular complexity index is 160. The van der Waals surface area contributed by atoms with Gasteiger partial charge >= 0.3 is 0 Å². The van der Waals surface area contributed by atoms with Crippen molar-refractivity contribution in [3.8, 4) is 0 Å². The molecule has 2 heteroatoms. The van der Waals surface area contributed by atoms with Crippen LogP contribution in [-0.2, 0) is 4.79 Å². The molecule has 0 saturated heterocycles. The van der Waals surface area contributed by atoms with Gasteiger partial charge in [0, 0.05) is 5.02 Å². The summed E-state index contributed by atoms with van der Waals surface area (Å²) < 4.78 is 0. The lowest BCUT2D eigenvalue weighted by Crippen LogP contribution is -1.66. The summed E-state index contributed by atoms with van der Waals surface area (Å²) in [5, 5.41) is 0.801. The summed E-state index contributed by atoms with van der Waals surface area (Å²) in [6.45, 7) is 4.04. The van der Waals surface area contributed by atoms with Crippen LogP contribution in [0.25, 0.3) is 0 Å². The Labute approximate surface area is 65.6 Å². The molecule has 1 aromatic carbocycles. The second-order valence-corrected chi connectivity index (χ2v) is 2.23. The minimum absolute atomic E-state index is 0.801. The summed E-state index contributed by atoms with van der Waals surface area (Å²) in [6, 6.07) is 7.75. The maximum Gasteiger partial charge on any atom is 0.106 e. The van der Waals surface area contributed by atoms with Crippen molar-refractivity contribution in [2.24, 2.45) is 0 Å². The minimum atomic E-state index is 0.801.